The molecule has 0 spiro atoms. The van der Waals surface area contributed by atoms with Crippen LogP contribution in [0.5, 0.6) is 0 Å². The lowest BCUT2D eigenvalue weighted by Crippen LogP contribution is -2.07. The highest BCUT2D eigenvalue weighted by atomic mass is 19.4. The Morgan fingerprint density at radius 3 is 2.27 bits per heavy atom. The number of alkyl halides is 3. The van der Waals surface area contributed by atoms with Crippen molar-refractivity contribution >= 4 is 16.9 Å². The summed E-state index contributed by atoms with van der Waals surface area (Å²) in [6.45, 7) is 0.513. The van der Waals surface area contributed by atoms with Gasteiger partial charge >= 0.3 is 12.1 Å². The molecule has 0 amide bonds. The minimum absolute atomic E-state index is 0.0277. The van der Waals surface area contributed by atoms with Crippen molar-refractivity contribution in [2.45, 2.75) is 12.8 Å². The van der Waals surface area contributed by atoms with Gasteiger partial charge in [0.1, 0.15) is 0 Å². The molecule has 3 aromatic carbocycles. The van der Waals surface area contributed by atoms with Gasteiger partial charge in [0.2, 0.25) is 0 Å². The van der Waals surface area contributed by atoms with Gasteiger partial charge in [-0.2, -0.15) is 13.2 Å². The van der Waals surface area contributed by atoms with Crippen LogP contribution in [0.25, 0.3) is 33.3 Å². The third-order valence-corrected chi connectivity index (χ3v) is 5.29. The van der Waals surface area contributed by atoms with E-state index >= 15 is 0 Å². The van der Waals surface area contributed by atoms with E-state index in [1.807, 2.05) is 48.5 Å². The predicted octanol–water partition coefficient (Wildman–Crippen LogP) is 6.52. The standard InChI is InChI=1S/C26H20F3NO3/c1-32-15-16-4-3-5-19(12-16)17-6-8-18(9-7-17)24-14-22(25(31)33-2)21-13-20(26(27,28)29)10-11-23(21)30-24/h3-14H,15H2,1-2H3. The molecule has 0 aliphatic carbocycles. The number of methoxy groups -OCH3 is 2. The van der Waals surface area contributed by atoms with E-state index in [-0.39, 0.29) is 16.5 Å². The zero-order chi connectivity index (χ0) is 23.6. The fourth-order valence-electron chi connectivity index (χ4n) is 3.67. The van der Waals surface area contributed by atoms with E-state index in [2.05, 4.69) is 4.98 Å². The van der Waals surface area contributed by atoms with Crippen LogP contribution >= 0.6 is 0 Å². The van der Waals surface area contributed by atoms with Crippen LogP contribution < -0.4 is 0 Å². The summed E-state index contributed by atoms with van der Waals surface area (Å²) in [7, 11) is 2.83. The molecule has 168 valence electrons. The van der Waals surface area contributed by atoms with E-state index in [1.165, 1.54) is 19.2 Å². The topological polar surface area (TPSA) is 48.4 Å². The van der Waals surface area contributed by atoms with Gasteiger partial charge in [-0.05, 0) is 47.0 Å². The first kappa shape index (κ1) is 22.5. The Balaban J connectivity index is 1.76. The number of rotatable bonds is 5. The zero-order valence-electron chi connectivity index (χ0n) is 17.9. The van der Waals surface area contributed by atoms with Gasteiger partial charge in [-0.1, -0.05) is 42.5 Å². The normalized spacial score (nSPS) is 11.5. The Morgan fingerprint density at radius 2 is 1.61 bits per heavy atom. The Morgan fingerprint density at radius 1 is 0.879 bits per heavy atom. The van der Waals surface area contributed by atoms with E-state index in [0.717, 1.165) is 34.4 Å². The van der Waals surface area contributed by atoms with Crippen LogP contribution in [0.1, 0.15) is 21.5 Å². The molecule has 1 aromatic heterocycles. The summed E-state index contributed by atoms with van der Waals surface area (Å²) < 4.78 is 49.5. The SMILES string of the molecule is COCc1cccc(-c2ccc(-c3cc(C(=O)OC)c4cc(C(F)(F)F)ccc4n3)cc2)c1. The van der Waals surface area contributed by atoms with E-state index in [9.17, 15) is 18.0 Å². The summed E-state index contributed by atoms with van der Waals surface area (Å²) in [5, 5.41) is 0.0898. The van der Waals surface area contributed by atoms with Gasteiger partial charge in [-0.15, -0.1) is 0 Å². The number of esters is 1. The number of hydrogen-bond acceptors (Lipinski definition) is 4. The van der Waals surface area contributed by atoms with Crippen LogP contribution in [0.4, 0.5) is 13.2 Å². The second kappa shape index (κ2) is 9.03. The smallest absolute Gasteiger partial charge is 0.416 e. The molecule has 4 aromatic rings. The van der Waals surface area contributed by atoms with Crippen LogP contribution in [0.2, 0.25) is 0 Å². The number of halogens is 3. The number of benzene rings is 3. The molecule has 7 heteroatoms. The van der Waals surface area contributed by atoms with Gasteiger partial charge in [0.15, 0.2) is 0 Å². The summed E-state index contributed by atoms with van der Waals surface area (Å²) in [4.78, 5) is 16.8. The van der Waals surface area contributed by atoms with Gasteiger partial charge in [0.05, 0.1) is 36.1 Å². The minimum Gasteiger partial charge on any atom is -0.465 e. The molecular weight excluding hydrogens is 431 g/mol. The van der Waals surface area contributed by atoms with Crippen molar-refractivity contribution in [1.29, 1.82) is 0 Å². The molecule has 0 fully saturated rings. The van der Waals surface area contributed by atoms with Crippen molar-refractivity contribution in [2.24, 2.45) is 0 Å². The molecular formula is C26H20F3NO3. The molecule has 0 bridgehead atoms. The highest BCUT2D eigenvalue weighted by Crippen LogP contribution is 2.34. The second-order valence-electron chi connectivity index (χ2n) is 7.49. The third kappa shape index (κ3) is 4.73. The number of carbonyl (C=O) groups excluding carboxylic acids is 1. The van der Waals surface area contributed by atoms with Crippen molar-refractivity contribution in [3.05, 3.63) is 89.5 Å². The van der Waals surface area contributed by atoms with E-state index in [0.29, 0.717) is 12.3 Å². The summed E-state index contributed by atoms with van der Waals surface area (Å²) in [5.41, 5.74) is 3.70. The van der Waals surface area contributed by atoms with Crippen LogP contribution in [0, 0.1) is 0 Å². The summed E-state index contributed by atoms with van der Waals surface area (Å²) in [5.74, 6) is -0.727. The Hall–Kier alpha value is -3.71. The van der Waals surface area contributed by atoms with Gasteiger partial charge in [0.25, 0.3) is 0 Å². The van der Waals surface area contributed by atoms with Gasteiger partial charge in [0, 0.05) is 18.1 Å². The van der Waals surface area contributed by atoms with Crippen molar-refractivity contribution in [3.63, 3.8) is 0 Å². The minimum atomic E-state index is -4.53. The molecule has 1 heterocycles. The first-order valence-corrected chi connectivity index (χ1v) is 10.1. The number of aromatic nitrogens is 1. The first-order chi connectivity index (χ1) is 15.8. The maximum atomic E-state index is 13.2. The summed E-state index contributed by atoms with van der Waals surface area (Å²) in [6.07, 6.45) is -4.53. The van der Waals surface area contributed by atoms with E-state index in [1.54, 1.807) is 7.11 Å². The molecule has 0 aliphatic heterocycles. The zero-order valence-corrected chi connectivity index (χ0v) is 17.9. The predicted molar refractivity (Wildman–Crippen MR) is 120 cm³/mol. The molecule has 0 saturated carbocycles. The molecule has 33 heavy (non-hydrogen) atoms. The highest BCUT2D eigenvalue weighted by Gasteiger charge is 2.31. The lowest BCUT2D eigenvalue weighted by atomic mass is 9.99. The van der Waals surface area contributed by atoms with Gasteiger partial charge in [-0.25, -0.2) is 9.78 Å². The fraction of sp³-hybridized carbons (Fsp3) is 0.154. The second-order valence-corrected chi connectivity index (χ2v) is 7.49. The summed E-state index contributed by atoms with van der Waals surface area (Å²) >= 11 is 0. The molecule has 4 rings (SSSR count). The third-order valence-electron chi connectivity index (χ3n) is 5.29. The molecule has 4 nitrogen and oxygen atoms in total. The van der Waals surface area contributed by atoms with Crippen molar-refractivity contribution in [1.82, 2.24) is 4.98 Å². The Labute approximate surface area is 188 Å². The lowest BCUT2D eigenvalue weighted by Gasteiger charge is -2.12. The Bertz CT molecular complexity index is 1310. The average Bonchev–Trinajstić information content (AvgIpc) is 2.82. The molecule has 0 saturated heterocycles. The highest BCUT2D eigenvalue weighted by molar-refractivity contribution is 6.04. The van der Waals surface area contributed by atoms with Crippen LogP contribution in [-0.4, -0.2) is 25.2 Å². The van der Waals surface area contributed by atoms with Gasteiger partial charge in [-0.3, -0.25) is 0 Å². The van der Waals surface area contributed by atoms with E-state index in [4.69, 9.17) is 9.47 Å². The molecule has 0 aliphatic rings. The average molecular weight is 451 g/mol. The number of nitrogens with zero attached hydrogens (tertiary/aromatic N) is 1. The number of hydrogen-bond donors (Lipinski definition) is 0. The van der Waals surface area contributed by atoms with E-state index < -0.39 is 17.7 Å². The lowest BCUT2D eigenvalue weighted by molar-refractivity contribution is -0.137. The number of carbonyl (C=O) groups is 1. The van der Waals surface area contributed by atoms with Crippen LogP contribution in [0.15, 0.2) is 72.8 Å². The first-order valence-electron chi connectivity index (χ1n) is 10.1. The quantitative estimate of drug-likeness (QED) is 0.324. The Kier molecular flexibility index (Phi) is 6.16. The number of pyridine rings is 1. The van der Waals surface area contributed by atoms with Crippen LogP contribution in [0.3, 0.4) is 0 Å². The monoisotopic (exact) mass is 451 g/mol. The van der Waals surface area contributed by atoms with Crippen LogP contribution in [-0.2, 0) is 22.3 Å². The largest absolute Gasteiger partial charge is 0.465 e. The van der Waals surface area contributed by atoms with Crippen molar-refractivity contribution < 1.29 is 27.4 Å². The summed E-state index contributed by atoms with van der Waals surface area (Å²) in [6, 6.07) is 20.2. The molecule has 0 radical (unpaired) electrons. The number of ether oxygens (including phenoxy) is 2. The fourth-order valence-corrected chi connectivity index (χ4v) is 3.67. The number of fused-ring (bicyclic) bond motifs is 1. The maximum absolute atomic E-state index is 13.2. The van der Waals surface area contributed by atoms with Crippen molar-refractivity contribution in [3.8, 4) is 22.4 Å². The molecule has 0 N–H and O–H groups in total. The molecule has 0 unspecified atom stereocenters. The van der Waals surface area contributed by atoms with Crippen molar-refractivity contribution in [2.75, 3.05) is 14.2 Å². The van der Waals surface area contributed by atoms with Gasteiger partial charge < -0.3 is 9.47 Å². The maximum Gasteiger partial charge on any atom is 0.416 e. The molecule has 0 atom stereocenters.